The van der Waals surface area contributed by atoms with E-state index >= 15 is 0 Å². The summed E-state index contributed by atoms with van der Waals surface area (Å²) in [7, 11) is 0. The zero-order valence-corrected chi connectivity index (χ0v) is 15.6. The Bertz CT molecular complexity index is 1060. The highest BCUT2D eigenvalue weighted by Crippen LogP contribution is 2.33. The highest BCUT2D eigenvalue weighted by Gasteiger charge is 2.21. The van der Waals surface area contributed by atoms with Crippen molar-refractivity contribution >= 4 is 26.5 Å². The van der Waals surface area contributed by atoms with Gasteiger partial charge in [0.05, 0.1) is 34.8 Å². The lowest BCUT2D eigenvalue weighted by Gasteiger charge is -2.26. The van der Waals surface area contributed by atoms with Crippen LogP contribution < -0.4 is 0 Å². The molecule has 0 amide bonds. The molecular weight excluding hydrogens is 342 g/mol. The van der Waals surface area contributed by atoms with E-state index in [2.05, 4.69) is 64.8 Å². The largest absolute Gasteiger partial charge is 0.379 e. The van der Waals surface area contributed by atoms with Crippen LogP contribution in [0.3, 0.4) is 0 Å². The van der Waals surface area contributed by atoms with E-state index in [9.17, 15) is 0 Å². The first-order valence-electron chi connectivity index (χ1n) is 9.05. The second-order valence-electron chi connectivity index (χ2n) is 6.85. The highest BCUT2D eigenvalue weighted by atomic mass is 32.1. The van der Waals surface area contributed by atoms with Crippen molar-refractivity contribution in [1.82, 2.24) is 14.3 Å². The van der Waals surface area contributed by atoms with E-state index < -0.39 is 0 Å². The molecule has 1 aliphatic rings. The summed E-state index contributed by atoms with van der Waals surface area (Å²) in [6.07, 6.45) is 0. The van der Waals surface area contributed by atoms with Gasteiger partial charge >= 0.3 is 0 Å². The number of nitrogens with zero attached hydrogens (tertiary/aromatic N) is 3. The first kappa shape index (κ1) is 16.0. The van der Waals surface area contributed by atoms with Gasteiger partial charge in [0.2, 0.25) is 0 Å². The van der Waals surface area contributed by atoms with E-state index in [1.165, 1.54) is 27.0 Å². The molecule has 0 atom stereocenters. The van der Waals surface area contributed by atoms with Gasteiger partial charge < -0.3 is 4.74 Å². The number of hydrogen-bond donors (Lipinski definition) is 0. The lowest BCUT2D eigenvalue weighted by molar-refractivity contribution is 0.0336. The van der Waals surface area contributed by atoms with Crippen molar-refractivity contribution in [3.63, 3.8) is 0 Å². The zero-order chi connectivity index (χ0) is 17.5. The molecule has 1 aliphatic heterocycles. The summed E-state index contributed by atoms with van der Waals surface area (Å²) in [5, 5.41) is 0. The van der Waals surface area contributed by atoms with Gasteiger partial charge in [-0.3, -0.25) is 9.30 Å². The summed E-state index contributed by atoms with van der Waals surface area (Å²) in [6, 6.07) is 17.3. The van der Waals surface area contributed by atoms with Crippen molar-refractivity contribution in [3.8, 4) is 11.3 Å². The topological polar surface area (TPSA) is 29.8 Å². The second kappa shape index (κ2) is 6.50. The molecule has 0 N–H and O–H groups in total. The van der Waals surface area contributed by atoms with Gasteiger partial charge in [-0.1, -0.05) is 53.3 Å². The molecular formula is C21H21N3OS. The van der Waals surface area contributed by atoms with Gasteiger partial charge in [-0.15, -0.1) is 0 Å². The summed E-state index contributed by atoms with van der Waals surface area (Å²) in [4.78, 5) is 8.58. The van der Waals surface area contributed by atoms with Crippen molar-refractivity contribution in [2.75, 3.05) is 26.3 Å². The van der Waals surface area contributed by atoms with Gasteiger partial charge in [-0.2, -0.15) is 0 Å². The lowest BCUT2D eigenvalue weighted by Crippen LogP contribution is -2.36. The van der Waals surface area contributed by atoms with Crippen molar-refractivity contribution in [1.29, 1.82) is 0 Å². The Hall–Kier alpha value is -2.21. The van der Waals surface area contributed by atoms with Crippen molar-refractivity contribution < 1.29 is 4.74 Å². The van der Waals surface area contributed by atoms with Crippen LogP contribution in [0.15, 0.2) is 48.5 Å². The number of thiazole rings is 1. The van der Waals surface area contributed by atoms with E-state index in [0.29, 0.717) is 0 Å². The smallest absolute Gasteiger partial charge is 0.195 e. The molecule has 4 nitrogen and oxygen atoms in total. The fourth-order valence-corrected chi connectivity index (χ4v) is 4.68. The number of morpholine rings is 1. The van der Waals surface area contributed by atoms with Crippen molar-refractivity contribution in [3.05, 3.63) is 59.8 Å². The Balaban J connectivity index is 1.70. The van der Waals surface area contributed by atoms with Crippen LogP contribution in [0.2, 0.25) is 0 Å². The van der Waals surface area contributed by atoms with Gasteiger partial charge in [-0.25, -0.2) is 4.98 Å². The Morgan fingerprint density at radius 2 is 1.81 bits per heavy atom. The van der Waals surface area contributed by atoms with E-state index in [1.807, 2.05) is 0 Å². The number of aryl methyl sites for hydroxylation is 1. The van der Waals surface area contributed by atoms with Crippen LogP contribution in [-0.4, -0.2) is 40.6 Å². The Morgan fingerprint density at radius 1 is 1.04 bits per heavy atom. The first-order chi connectivity index (χ1) is 12.8. The molecule has 4 aromatic rings. The van der Waals surface area contributed by atoms with Crippen LogP contribution in [0, 0.1) is 6.92 Å². The van der Waals surface area contributed by atoms with E-state index in [4.69, 9.17) is 9.72 Å². The maximum Gasteiger partial charge on any atom is 0.195 e. The SMILES string of the molecule is Cc1ccc(-c2nc3sc4ccccc4n3c2CN2CCOCC2)cc1. The van der Waals surface area contributed by atoms with Crippen molar-refractivity contribution in [2.24, 2.45) is 0 Å². The third-order valence-corrected chi connectivity index (χ3v) is 6.07. The second-order valence-corrected chi connectivity index (χ2v) is 7.86. The summed E-state index contributed by atoms with van der Waals surface area (Å²) in [5.41, 5.74) is 6.10. The van der Waals surface area contributed by atoms with Gasteiger partial charge in [0, 0.05) is 25.2 Å². The van der Waals surface area contributed by atoms with Crippen LogP contribution in [0.5, 0.6) is 0 Å². The molecule has 0 bridgehead atoms. The van der Waals surface area contributed by atoms with Crippen LogP contribution >= 0.6 is 11.3 Å². The minimum Gasteiger partial charge on any atom is -0.379 e. The van der Waals surface area contributed by atoms with Crippen LogP contribution in [0.4, 0.5) is 0 Å². The summed E-state index contributed by atoms with van der Waals surface area (Å²) >= 11 is 1.77. The predicted molar refractivity (Wildman–Crippen MR) is 107 cm³/mol. The van der Waals surface area contributed by atoms with Gasteiger partial charge in [0.15, 0.2) is 4.96 Å². The number of imidazole rings is 1. The molecule has 0 unspecified atom stereocenters. The standard InChI is InChI=1S/C21H21N3OS/c1-15-6-8-16(9-7-15)20-18(14-23-10-12-25-13-11-23)24-17-4-2-3-5-19(17)26-21(24)22-20/h2-9H,10-14H2,1H3. The van der Waals surface area contributed by atoms with Crippen LogP contribution in [0.25, 0.3) is 26.4 Å². The number of aromatic nitrogens is 2. The van der Waals surface area contributed by atoms with Gasteiger partial charge in [-0.05, 0) is 19.1 Å². The van der Waals surface area contributed by atoms with Gasteiger partial charge in [0.25, 0.3) is 0 Å². The maximum atomic E-state index is 5.53. The van der Waals surface area contributed by atoms with E-state index in [-0.39, 0.29) is 0 Å². The molecule has 0 saturated carbocycles. The van der Waals surface area contributed by atoms with Crippen molar-refractivity contribution in [2.45, 2.75) is 13.5 Å². The average molecular weight is 363 g/mol. The van der Waals surface area contributed by atoms with E-state index in [0.717, 1.165) is 43.5 Å². The first-order valence-corrected chi connectivity index (χ1v) is 9.87. The third-order valence-electron chi connectivity index (χ3n) is 5.05. The molecule has 26 heavy (non-hydrogen) atoms. The fraction of sp³-hybridized carbons (Fsp3) is 0.286. The number of para-hydroxylation sites is 1. The summed E-state index contributed by atoms with van der Waals surface area (Å²) < 4.78 is 9.17. The minimum absolute atomic E-state index is 0.812. The monoisotopic (exact) mass is 363 g/mol. The number of ether oxygens (including phenoxy) is 1. The molecule has 0 radical (unpaired) electrons. The Morgan fingerprint density at radius 3 is 2.62 bits per heavy atom. The zero-order valence-electron chi connectivity index (χ0n) is 14.8. The van der Waals surface area contributed by atoms with Crippen LogP contribution in [0.1, 0.15) is 11.3 Å². The maximum absolute atomic E-state index is 5.53. The molecule has 132 valence electrons. The third kappa shape index (κ3) is 2.72. The predicted octanol–water partition coefficient (Wildman–Crippen LogP) is 4.36. The fourth-order valence-electron chi connectivity index (χ4n) is 3.63. The quantitative estimate of drug-likeness (QED) is 0.542. The normalized spacial score (nSPS) is 15.9. The Labute approximate surface area is 156 Å². The number of rotatable bonds is 3. The molecule has 0 spiro atoms. The molecule has 1 saturated heterocycles. The minimum atomic E-state index is 0.812. The molecule has 5 heteroatoms. The number of hydrogen-bond acceptors (Lipinski definition) is 4. The molecule has 2 aromatic carbocycles. The Kier molecular flexibility index (Phi) is 4.00. The summed E-state index contributed by atoms with van der Waals surface area (Å²) in [5.74, 6) is 0. The molecule has 5 rings (SSSR count). The number of fused-ring (bicyclic) bond motifs is 3. The molecule has 2 aromatic heterocycles. The number of benzene rings is 2. The lowest BCUT2D eigenvalue weighted by atomic mass is 10.1. The molecule has 1 fully saturated rings. The summed E-state index contributed by atoms with van der Waals surface area (Å²) in [6.45, 7) is 6.59. The average Bonchev–Trinajstić information content (AvgIpc) is 3.20. The highest BCUT2D eigenvalue weighted by molar-refractivity contribution is 7.23. The molecule has 0 aliphatic carbocycles. The molecule has 3 heterocycles. The van der Waals surface area contributed by atoms with Gasteiger partial charge in [0.1, 0.15) is 0 Å². The van der Waals surface area contributed by atoms with Crippen LogP contribution in [-0.2, 0) is 11.3 Å². The van der Waals surface area contributed by atoms with E-state index in [1.54, 1.807) is 11.3 Å².